The van der Waals surface area contributed by atoms with Crippen LogP contribution in [0.4, 0.5) is 0 Å². The maximum absolute atomic E-state index is 6.66. The highest BCUT2D eigenvalue weighted by Gasteiger charge is 2.42. The lowest BCUT2D eigenvalue weighted by Crippen LogP contribution is -2.21. The van der Waals surface area contributed by atoms with Crippen molar-refractivity contribution in [3.05, 3.63) is 20.3 Å². The predicted octanol–water partition coefficient (Wildman–Crippen LogP) is 5.16. The van der Waals surface area contributed by atoms with E-state index in [1.807, 2.05) is 0 Å². The highest BCUT2D eigenvalue weighted by molar-refractivity contribution is 9.11. The quantitative estimate of drug-likeness (QED) is 0.677. The molecule has 2 heterocycles. The number of aryl methyl sites for hydroxylation is 1. The minimum atomic E-state index is 0.0555. The van der Waals surface area contributed by atoms with E-state index in [4.69, 9.17) is 16.3 Å². The number of thiophene rings is 1. The zero-order valence-corrected chi connectivity index (χ0v) is 13.7. The summed E-state index contributed by atoms with van der Waals surface area (Å²) in [7, 11) is 0. The first-order valence-corrected chi connectivity index (χ1v) is 8.01. The van der Waals surface area contributed by atoms with E-state index >= 15 is 0 Å². The molecule has 2 rings (SSSR count). The van der Waals surface area contributed by atoms with Gasteiger partial charge in [-0.2, -0.15) is 0 Å². The largest absolute Gasteiger partial charge is 0.375 e. The molecule has 0 N–H and O–H groups in total. The fourth-order valence-corrected chi connectivity index (χ4v) is 4.85. The third kappa shape index (κ3) is 2.58. The molecular weight excluding hydrogens is 320 g/mol. The first kappa shape index (κ1) is 13.9. The van der Waals surface area contributed by atoms with Crippen molar-refractivity contribution in [2.24, 2.45) is 11.8 Å². The number of hydrogen-bond donors (Lipinski definition) is 0. The van der Waals surface area contributed by atoms with Gasteiger partial charge in [0.2, 0.25) is 0 Å². The van der Waals surface area contributed by atoms with Crippen molar-refractivity contribution < 1.29 is 4.74 Å². The Morgan fingerprint density at radius 2 is 2.00 bits per heavy atom. The van der Waals surface area contributed by atoms with E-state index < -0.39 is 0 Å². The van der Waals surface area contributed by atoms with Gasteiger partial charge in [-0.1, -0.05) is 6.92 Å². The fourth-order valence-electron chi connectivity index (χ4n) is 2.61. The molecule has 0 aliphatic carbocycles. The minimum Gasteiger partial charge on any atom is -0.375 e. The number of rotatable bonds is 2. The molecule has 1 saturated heterocycles. The Labute approximate surface area is 121 Å². The molecule has 17 heavy (non-hydrogen) atoms. The zero-order valence-electron chi connectivity index (χ0n) is 10.5. The summed E-state index contributed by atoms with van der Waals surface area (Å²) in [6.07, 6.45) is 0.546. The summed E-state index contributed by atoms with van der Waals surface area (Å²) in [5, 5.41) is 0.0555. The molecule has 1 fully saturated rings. The van der Waals surface area contributed by atoms with Crippen molar-refractivity contribution in [2.45, 2.75) is 45.3 Å². The lowest BCUT2D eigenvalue weighted by Gasteiger charge is -2.23. The molecule has 1 aromatic heterocycles. The van der Waals surface area contributed by atoms with Crippen LogP contribution >= 0.6 is 38.9 Å². The van der Waals surface area contributed by atoms with Crippen LogP contribution in [0.3, 0.4) is 0 Å². The lowest BCUT2D eigenvalue weighted by molar-refractivity contribution is 0.0508. The molecule has 0 aromatic carbocycles. The molecule has 1 aliphatic rings. The van der Waals surface area contributed by atoms with Gasteiger partial charge in [0.05, 0.1) is 21.4 Å². The summed E-state index contributed by atoms with van der Waals surface area (Å²) in [5.74, 6) is 0.908. The number of ether oxygens (including phenoxy) is 1. The monoisotopic (exact) mass is 336 g/mol. The molecule has 1 aromatic rings. The van der Waals surface area contributed by atoms with Crippen molar-refractivity contribution in [3.8, 4) is 0 Å². The van der Waals surface area contributed by atoms with E-state index in [1.54, 1.807) is 11.3 Å². The summed E-state index contributed by atoms with van der Waals surface area (Å²) in [6.45, 7) is 8.62. The Hall–Kier alpha value is 0.430. The zero-order chi connectivity index (χ0) is 12.7. The number of halogens is 2. The van der Waals surface area contributed by atoms with Crippen molar-refractivity contribution in [3.63, 3.8) is 0 Å². The molecule has 0 radical (unpaired) electrons. The van der Waals surface area contributed by atoms with Gasteiger partial charge in [-0.3, -0.25) is 0 Å². The Morgan fingerprint density at radius 3 is 2.41 bits per heavy atom. The second kappa shape index (κ2) is 5.20. The maximum atomic E-state index is 6.66. The average Bonchev–Trinajstić information content (AvgIpc) is 2.70. The molecular formula is C13H18BrClOS. The van der Waals surface area contributed by atoms with Crippen LogP contribution in [0, 0.1) is 18.8 Å². The van der Waals surface area contributed by atoms with Gasteiger partial charge >= 0.3 is 0 Å². The molecule has 4 heteroatoms. The van der Waals surface area contributed by atoms with Gasteiger partial charge in [0.15, 0.2) is 0 Å². The van der Waals surface area contributed by atoms with E-state index in [9.17, 15) is 0 Å². The summed E-state index contributed by atoms with van der Waals surface area (Å²) in [6, 6.07) is 2.19. The van der Waals surface area contributed by atoms with Crippen molar-refractivity contribution >= 4 is 38.9 Å². The topological polar surface area (TPSA) is 9.23 Å². The number of alkyl halides is 1. The minimum absolute atomic E-state index is 0.0555. The van der Waals surface area contributed by atoms with E-state index in [0.29, 0.717) is 17.9 Å². The Kier molecular flexibility index (Phi) is 4.24. The smallest absolute Gasteiger partial charge is 0.0735 e. The average molecular weight is 338 g/mol. The van der Waals surface area contributed by atoms with Crippen LogP contribution in [0.15, 0.2) is 9.85 Å². The second-order valence-corrected chi connectivity index (χ2v) is 7.86. The SMILES string of the molecule is Cc1cc(C(Cl)C2C(C)OC(C)C2C)sc1Br. The predicted molar refractivity (Wildman–Crippen MR) is 78.0 cm³/mol. The normalized spacial score (nSPS) is 35.2. The molecule has 0 bridgehead atoms. The summed E-state index contributed by atoms with van der Waals surface area (Å²) < 4.78 is 7.06. The molecule has 0 spiro atoms. The van der Waals surface area contributed by atoms with Gasteiger partial charge in [-0.15, -0.1) is 22.9 Å². The molecule has 0 saturated carbocycles. The fraction of sp³-hybridized carbons (Fsp3) is 0.692. The number of hydrogen-bond acceptors (Lipinski definition) is 2. The van der Waals surface area contributed by atoms with Crippen molar-refractivity contribution in [1.82, 2.24) is 0 Å². The summed E-state index contributed by atoms with van der Waals surface area (Å²) in [5.41, 5.74) is 1.27. The highest BCUT2D eigenvalue weighted by atomic mass is 79.9. The van der Waals surface area contributed by atoms with Gasteiger partial charge in [0, 0.05) is 10.8 Å². The van der Waals surface area contributed by atoms with Gasteiger partial charge < -0.3 is 4.74 Å². The Bertz CT molecular complexity index is 387. The third-order valence-electron chi connectivity index (χ3n) is 3.80. The van der Waals surface area contributed by atoms with Crippen LogP contribution in [0.1, 0.15) is 36.6 Å². The van der Waals surface area contributed by atoms with Crippen molar-refractivity contribution in [2.75, 3.05) is 0 Å². The van der Waals surface area contributed by atoms with Crippen LogP contribution in [-0.2, 0) is 4.74 Å². The third-order valence-corrected chi connectivity index (χ3v) is 6.68. The van der Waals surface area contributed by atoms with E-state index in [0.717, 1.165) is 0 Å². The van der Waals surface area contributed by atoms with Crippen LogP contribution < -0.4 is 0 Å². The van der Waals surface area contributed by atoms with Crippen molar-refractivity contribution in [1.29, 1.82) is 0 Å². The molecule has 96 valence electrons. The van der Waals surface area contributed by atoms with Crippen LogP contribution in [-0.4, -0.2) is 12.2 Å². The lowest BCUT2D eigenvalue weighted by atomic mass is 9.86. The van der Waals surface area contributed by atoms with Gasteiger partial charge in [-0.05, 0) is 54.2 Å². The van der Waals surface area contributed by atoms with Gasteiger partial charge in [0.1, 0.15) is 0 Å². The van der Waals surface area contributed by atoms with Gasteiger partial charge in [0.25, 0.3) is 0 Å². The van der Waals surface area contributed by atoms with E-state index in [2.05, 4.69) is 49.7 Å². The van der Waals surface area contributed by atoms with Crippen LogP contribution in [0.25, 0.3) is 0 Å². The standard InChI is InChI=1S/C13H18BrClOS/c1-6-5-10(17-13(6)14)12(15)11-7(2)8(3)16-9(11)4/h5,7-9,11-12H,1-4H3. The first-order valence-electron chi connectivity index (χ1n) is 5.97. The maximum Gasteiger partial charge on any atom is 0.0735 e. The Balaban J connectivity index is 2.22. The molecule has 0 amide bonds. The summed E-state index contributed by atoms with van der Waals surface area (Å²) >= 11 is 12.0. The first-order chi connectivity index (χ1) is 7.91. The van der Waals surface area contributed by atoms with Gasteiger partial charge in [-0.25, -0.2) is 0 Å². The van der Waals surface area contributed by atoms with E-state index in [1.165, 1.54) is 14.2 Å². The highest BCUT2D eigenvalue weighted by Crippen LogP contribution is 2.46. The van der Waals surface area contributed by atoms with E-state index in [-0.39, 0.29) is 11.5 Å². The second-order valence-electron chi connectivity index (χ2n) is 4.99. The Morgan fingerprint density at radius 1 is 1.35 bits per heavy atom. The molecule has 5 atom stereocenters. The molecule has 1 aliphatic heterocycles. The van der Waals surface area contributed by atoms with Crippen LogP contribution in [0.5, 0.6) is 0 Å². The molecule has 1 nitrogen and oxygen atoms in total. The molecule has 5 unspecified atom stereocenters. The van der Waals surface area contributed by atoms with Crippen LogP contribution in [0.2, 0.25) is 0 Å². The summed E-state index contributed by atoms with van der Waals surface area (Å²) in [4.78, 5) is 1.25.